The van der Waals surface area contributed by atoms with E-state index in [9.17, 15) is 0 Å². The number of benzene rings is 2. The van der Waals surface area contributed by atoms with Gasteiger partial charge in [0.05, 0.1) is 0 Å². The average Bonchev–Trinajstić information content (AvgIpc) is 2.48. The molecule has 0 amide bonds. The van der Waals surface area contributed by atoms with Crippen LogP contribution in [0, 0.1) is 0 Å². The second kappa shape index (κ2) is 6.33. The van der Waals surface area contributed by atoms with Gasteiger partial charge < -0.3 is 15.0 Å². The Morgan fingerprint density at radius 2 is 1.55 bits per heavy atom. The first-order chi connectivity index (χ1) is 9.60. The maximum absolute atomic E-state index is 5.96. The molecule has 0 fully saturated rings. The van der Waals surface area contributed by atoms with Crippen molar-refractivity contribution in [1.29, 1.82) is 0 Å². The van der Waals surface area contributed by atoms with Gasteiger partial charge in [0.2, 0.25) is 0 Å². The second-order valence-electron chi connectivity index (χ2n) is 5.02. The second-order valence-corrected chi connectivity index (χ2v) is 5.02. The molecule has 3 heteroatoms. The van der Waals surface area contributed by atoms with Crippen LogP contribution in [0.25, 0.3) is 0 Å². The molecule has 0 heterocycles. The minimum atomic E-state index is 0.0339. The average molecular weight is 270 g/mol. The molecule has 1 N–H and O–H groups in total. The van der Waals surface area contributed by atoms with Crippen molar-refractivity contribution in [1.82, 2.24) is 0 Å². The quantitative estimate of drug-likeness (QED) is 0.890. The first-order valence-corrected chi connectivity index (χ1v) is 6.82. The van der Waals surface area contributed by atoms with Crippen LogP contribution < -0.4 is 15.0 Å². The Morgan fingerprint density at radius 3 is 2.05 bits per heavy atom. The zero-order valence-corrected chi connectivity index (χ0v) is 12.6. The molecular formula is C17H22N2O. The van der Waals surface area contributed by atoms with Crippen molar-refractivity contribution in [3.63, 3.8) is 0 Å². The highest BCUT2D eigenvalue weighted by Gasteiger charge is 2.07. The maximum atomic E-state index is 5.96. The third kappa shape index (κ3) is 3.44. The van der Waals surface area contributed by atoms with Crippen LogP contribution in [-0.4, -0.2) is 21.1 Å². The number of ether oxygens (including phenoxy) is 1. The molecule has 0 radical (unpaired) electrons. The molecule has 106 valence electrons. The molecule has 0 spiro atoms. The minimum absolute atomic E-state index is 0.0339. The largest absolute Gasteiger partial charge is 0.486 e. The number of anilines is 2. The summed E-state index contributed by atoms with van der Waals surface area (Å²) in [4.78, 5) is 2.09. The standard InChI is InChI=1S/C17H22N2O/c1-13(14-5-9-16(10-6-14)19(3)4)20-17-11-7-15(18-2)8-12-17/h5-13,18H,1-4H3. The summed E-state index contributed by atoms with van der Waals surface area (Å²) in [5, 5.41) is 3.10. The number of rotatable bonds is 5. The lowest BCUT2D eigenvalue weighted by atomic mass is 10.1. The van der Waals surface area contributed by atoms with Gasteiger partial charge in [-0.25, -0.2) is 0 Å². The van der Waals surface area contributed by atoms with E-state index in [2.05, 4.69) is 41.4 Å². The van der Waals surface area contributed by atoms with Crippen molar-refractivity contribution in [2.45, 2.75) is 13.0 Å². The maximum Gasteiger partial charge on any atom is 0.121 e. The van der Waals surface area contributed by atoms with E-state index >= 15 is 0 Å². The van der Waals surface area contributed by atoms with E-state index < -0.39 is 0 Å². The lowest BCUT2D eigenvalue weighted by molar-refractivity contribution is 0.227. The van der Waals surface area contributed by atoms with Gasteiger partial charge in [0.15, 0.2) is 0 Å². The summed E-state index contributed by atoms with van der Waals surface area (Å²) in [7, 11) is 5.99. The lowest BCUT2D eigenvalue weighted by Gasteiger charge is -2.17. The monoisotopic (exact) mass is 270 g/mol. The topological polar surface area (TPSA) is 24.5 Å². The Morgan fingerprint density at radius 1 is 0.950 bits per heavy atom. The SMILES string of the molecule is CNc1ccc(OC(C)c2ccc(N(C)C)cc2)cc1. The normalized spacial score (nSPS) is 11.8. The van der Waals surface area contributed by atoms with Crippen LogP contribution in [0.4, 0.5) is 11.4 Å². The van der Waals surface area contributed by atoms with Crippen molar-refractivity contribution < 1.29 is 4.74 Å². The van der Waals surface area contributed by atoms with E-state index in [1.54, 1.807) is 0 Å². The van der Waals surface area contributed by atoms with Gasteiger partial charge >= 0.3 is 0 Å². The third-order valence-electron chi connectivity index (χ3n) is 3.33. The predicted molar refractivity (Wildman–Crippen MR) is 85.8 cm³/mol. The molecule has 0 aromatic heterocycles. The fourth-order valence-corrected chi connectivity index (χ4v) is 2.02. The molecule has 2 aromatic carbocycles. The number of hydrogen-bond acceptors (Lipinski definition) is 3. The fourth-order valence-electron chi connectivity index (χ4n) is 2.02. The number of nitrogens with zero attached hydrogens (tertiary/aromatic N) is 1. The van der Waals surface area contributed by atoms with Crippen LogP contribution in [-0.2, 0) is 0 Å². The summed E-state index contributed by atoms with van der Waals surface area (Å²) in [6, 6.07) is 16.4. The summed E-state index contributed by atoms with van der Waals surface area (Å²) in [5.41, 5.74) is 3.45. The van der Waals surface area contributed by atoms with Gasteiger partial charge in [-0.15, -0.1) is 0 Å². The van der Waals surface area contributed by atoms with E-state index in [1.165, 1.54) is 11.3 Å². The smallest absolute Gasteiger partial charge is 0.121 e. The van der Waals surface area contributed by atoms with E-state index in [4.69, 9.17) is 4.74 Å². The summed E-state index contributed by atoms with van der Waals surface area (Å²) in [6.07, 6.45) is 0.0339. The van der Waals surface area contributed by atoms with Crippen molar-refractivity contribution in [2.75, 3.05) is 31.4 Å². The molecule has 2 aromatic rings. The third-order valence-corrected chi connectivity index (χ3v) is 3.33. The van der Waals surface area contributed by atoms with Gasteiger partial charge in [-0.1, -0.05) is 12.1 Å². The molecule has 0 saturated carbocycles. The van der Waals surface area contributed by atoms with Gasteiger partial charge in [0, 0.05) is 32.5 Å². The molecule has 0 aliphatic rings. The fraction of sp³-hybridized carbons (Fsp3) is 0.294. The van der Waals surface area contributed by atoms with Crippen molar-refractivity contribution in [3.8, 4) is 5.75 Å². The van der Waals surface area contributed by atoms with Gasteiger partial charge in [-0.2, -0.15) is 0 Å². The van der Waals surface area contributed by atoms with Crippen molar-refractivity contribution >= 4 is 11.4 Å². The van der Waals surface area contributed by atoms with Crippen LogP contribution in [0.5, 0.6) is 5.75 Å². The van der Waals surface area contributed by atoms with Crippen LogP contribution >= 0.6 is 0 Å². The van der Waals surface area contributed by atoms with E-state index in [-0.39, 0.29) is 6.10 Å². The Hall–Kier alpha value is -2.16. The molecule has 1 atom stereocenters. The number of nitrogens with one attached hydrogen (secondary N) is 1. The van der Waals surface area contributed by atoms with Crippen LogP contribution in [0.15, 0.2) is 48.5 Å². The van der Waals surface area contributed by atoms with E-state index in [0.717, 1.165) is 11.4 Å². The first kappa shape index (κ1) is 14.3. The summed E-state index contributed by atoms with van der Waals surface area (Å²) in [5.74, 6) is 0.883. The predicted octanol–water partition coefficient (Wildman–Crippen LogP) is 3.93. The van der Waals surface area contributed by atoms with Gasteiger partial charge in [0.1, 0.15) is 11.9 Å². The number of hydrogen-bond donors (Lipinski definition) is 1. The molecule has 0 saturated heterocycles. The van der Waals surface area contributed by atoms with Gasteiger partial charge in [0.25, 0.3) is 0 Å². The molecular weight excluding hydrogens is 248 g/mol. The molecule has 3 nitrogen and oxygen atoms in total. The molecule has 2 rings (SSSR count). The Bertz CT molecular complexity index is 532. The highest BCUT2D eigenvalue weighted by molar-refractivity contribution is 5.47. The summed E-state index contributed by atoms with van der Waals surface area (Å²) in [6.45, 7) is 2.07. The molecule has 1 unspecified atom stereocenters. The zero-order chi connectivity index (χ0) is 14.5. The van der Waals surface area contributed by atoms with Crippen molar-refractivity contribution in [2.24, 2.45) is 0 Å². The highest BCUT2D eigenvalue weighted by atomic mass is 16.5. The highest BCUT2D eigenvalue weighted by Crippen LogP contribution is 2.24. The Labute approximate surface area is 121 Å². The molecule has 0 aliphatic carbocycles. The summed E-state index contributed by atoms with van der Waals surface area (Å²) < 4.78 is 5.96. The van der Waals surface area contributed by atoms with E-state index in [1.807, 2.05) is 45.4 Å². The lowest BCUT2D eigenvalue weighted by Crippen LogP contribution is -2.09. The van der Waals surface area contributed by atoms with Crippen LogP contribution in [0.1, 0.15) is 18.6 Å². The van der Waals surface area contributed by atoms with Gasteiger partial charge in [-0.05, 0) is 48.9 Å². The molecule has 0 bridgehead atoms. The summed E-state index contributed by atoms with van der Waals surface area (Å²) >= 11 is 0. The molecule has 20 heavy (non-hydrogen) atoms. The van der Waals surface area contributed by atoms with E-state index in [0.29, 0.717) is 0 Å². The first-order valence-electron chi connectivity index (χ1n) is 6.82. The Kier molecular flexibility index (Phi) is 4.51. The Balaban J connectivity index is 2.04. The minimum Gasteiger partial charge on any atom is -0.486 e. The van der Waals surface area contributed by atoms with Gasteiger partial charge in [-0.3, -0.25) is 0 Å². The van der Waals surface area contributed by atoms with Crippen molar-refractivity contribution in [3.05, 3.63) is 54.1 Å². The molecule has 0 aliphatic heterocycles. The van der Waals surface area contributed by atoms with Crippen LogP contribution in [0.2, 0.25) is 0 Å². The van der Waals surface area contributed by atoms with Crippen LogP contribution in [0.3, 0.4) is 0 Å². The zero-order valence-electron chi connectivity index (χ0n) is 12.6.